The normalized spacial score (nSPS) is 12.7. The molecule has 0 fully saturated rings. The molecular weight excluding hydrogens is 382 g/mol. The van der Waals surface area contributed by atoms with Crippen LogP contribution in [0.15, 0.2) is 0 Å². The Morgan fingerprint density at radius 1 is 0.481 bits per heavy atom. The zero-order valence-corrected chi connectivity index (χ0v) is 20.4. The van der Waals surface area contributed by atoms with E-state index in [9.17, 15) is 0 Å². The minimum absolute atomic E-state index is 0.613. The minimum Gasteiger partial charge on any atom is -0.374 e. The van der Waals surface area contributed by atoms with Gasteiger partial charge in [0.2, 0.25) is 0 Å². The van der Waals surface area contributed by atoms with Crippen molar-refractivity contribution in [2.45, 2.75) is 66.5 Å². The molecule has 0 aliphatic rings. The number of rotatable bonds is 20. The van der Waals surface area contributed by atoms with E-state index in [1.807, 2.05) is 41.5 Å². The fraction of sp³-hybridized carbons (Fsp3) is 1.00. The third-order valence-corrected chi connectivity index (χ3v) is 10.1. The molecule has 0 N–H and O–H groups in total. The first-order valence-corrected chi connectivity index (χ1v) is 14.4. The first-order chi connectivity index (χ1) is 13.1. The van der Waals surface area contributed by atoms with Crippen LogP contribution in [0.3, 0.4) is 0 Å². The third kappa shape index (κ3) is 11.7. The SMILES string of the molecule is CCO[Si](CCC[N]CCC[Si](OCC)(OCC)OCC)(OCC)OCC. The molecule has 0 aromatic carbocycles. The minimum atomic E-state index is -2.54. The Hall–Kier alpha value is 0.154. The second-order valence-electron chi connectivity index (χ2n) is 5.84. The first-order valence-electron chi connectivity index (χ1n) is 10.5. The molecular formula is C18H42NO6Si2. The van der Waals surface area contributed by atoms with E-state index in [1.165, 1.54) is 0 Å². The number of hydrogen-bond acceptors (Lipinski definition) is 6. The van der Waals surface area contributed by atoms with Crippen molar-refractivity contribution in [2.24, 2.45) is 0 Å². The van der Waals surface area contributed by atoms with E-state index in [0.717, 1.165) is 38.0 Å². The lowest BCUT2D eigenvalue weighted by Gasteiger charge is -2.28. The average molecular weight is 425 g/mol. The van der Waals surface area contributed by atoms with Crippen LogP contribution in [0.5, 0.6) is 0 Å². The summed E-state index contributed by atoms with van der Waals surface area (Å²) < 4.78 is 35.2. The quantitative estimate of drug-likeness (QED) is 0.220. The molecule has 9 heteroatoms. The molecule has 0 aliphatic heterocycles. The van der Waals surface area contributed by atoms with Crippen LogP contribution in [0.4, 0.5) is 0 Å². The number of nitrogens with zero attached hydrogens (tertiary/aromatic N) is 1. The fourth-order valence-corrected chi connectivity index (χ4v) is 8.12. The van der Waals surface area contributed by atoms with Crippen LogP contribution in [0.2, 0.25) is 12.1 Å². The first kappa shape index (κ1) is 27.2. The summed E-state index contributed by atoms with van der Waals surface area (Å²) in [6.07, 6.45) is 1.83. The lowest BCUT2D eigenvalue weighted by atomic mass is 10.4. The monoisotopic (exact) mass is 424 g/mol. The van der Waals surface area contributed by atoms with Crippen molar-refractivity contribution in [2.75, 3.05) is 52.7 Å². The predicted molar refractivity (Wildman–Crippen MR) is 112 cm³/mol. The van der Waals surface area contributed by atoms with Gasteiger partial charge in [0, 0.05) is 64.8 Å². The van der Waals surface area contributed by atoms with Gasteiger partial charge in [0.25, 0.3) is 0 Å². The van der Waals surface area contributed by atoms with Gasteiger partial charge >= 0.3 is 17.6 Å². The van der Waals surface area contributed by atoms with E-state index >= 15 is 0 Å². The maximum absolute atomic E-state index is 5.87. The molecule has 0 spiro atoms. The number of hydrogen-bond donors (Lipinski definition) is 0. The molecule has 0 rings (SSSR count). The Labute approximate surface area is 169 Å². The zero-order valence-electron chi connectivity index (χ0n) is 18.4. The highest BCUT2D eigenvalue weighted by molar-refractivity contribution is 6.61. The molecule has 0 saturated heterocycles. The highest BCUT2D eigenvalue weighted by Crippen LogP contribution is 2.19. The van der Waals surface area contributed by atoms with Crippen molar-refractivity contribution in [1.82, 2.24) is 5.32 Å². The highest BCUT2D eigenvalue weighted by atomic mass is 28.4. The molecule has 0 aliphatic carbocycles. The fourth-order valence-electron chi connectivity index (χ4n) is 2.93. The Kier molecular flexibility index (Phi) is 17.1. The standard InChI is InChI=1S/C18H42NO6Si2/c1-7-20-26(21-8-2,22-9-3)17-13-15-19-16-14-18-27(23-10-4,24-11-5)25-12-6/h7-18H2,1-6H3. The van der Waals surface area contributed by atoms with Crippen LogP contribution in [-0.2, 0) is 26.6 Å². The molecule has 0 amide bonds. The maximum Gasteiger partial charge on any atom is 0.500 e. The summed E-state index contributed by atoms with van der Waals surface area (Å²) >= 11 is 0. The maximum atomic E-state index is 5.87. The third-order valence-electron chi connectivity index (χ3n) is 3.78. The van der Waals surface area contributed by atoms with Crippen LogP contribution in [0.1, 0.15) is 54.4 Å². The van der Waals surface area contributed by atoms with Crippen molar-refractivity contribution in [3.63, 3.8) is 0 Å². The molecule has 0 aromatic heterocycles. The molecule has 0 saturated carbocycles. The average Bonchev–Trinajstić information content (AvgIpc) is 2.62. The summed E-state index contributed by atoms with van der Waals surface area (Å²) in [6.45, 7) is 17.1. The molecule has 7 nitrogen and oxygen atoms in total. The van der Waals surface area contributed by atoms with E-state index in [2.05, 4.69) is 5.32 Å². The Morgan fingerprint density at radius 3 is 0.963 bits per heavy atom. The summed E-state index contributed by atoms with van der Waals surface area (Å²) in [4.78, 5) is 0. The molecule has 0 atom stereocenters. The van der Waals surface area contributed by atoms with Crippen molar-refractivity contribution in [3.8, 4) is 0 Å². The molecule has 163 valence electrons. The summed E-state index contributed by atoms with van der Waals surface area (Å²) in [6, 6.07) is 1.61. The molecule has 0 bridgehead atoms. The van der Waals surface area contributed by atoms with Gasteiger partial charge < -0.3 is 26.6 Å². The molecule has 0 heterocycles. The lowest BCUT2D eigenvalue weighted by molar-refractivity contribution is 0.0705. The van der Waals surface area contributed by atoms with E-state index in [-0.39, 0.29) is 0 Å². The second kappa shape index (κ2) is 17.0. The summed E-state index contributed by atoms with van der Waals surface area (Å²) in [7, 11) is -5.08. The van der Waals surface area contributed by atoms with Crippen molar-refractivity contribution in [3.05, 3.63) is 0 Å². The molecule has 27 heavy (non-hydrogen) atoms. The molecule has 1 radical (unpaired) electrons. The zero-order chi connectivity index (χ0) is 20.4. The van der Waals surface area contributed by atoms with Gasteiger partial charge in [0.05, 0.1) is 0 Å². The molecule has 0 unspecified atom stereocenters. The van der Waals surface area contributed by atoms with Gasteiger partial charge in [-0.05, 0) is 54.4 Å². The lowest BCUT2D eigenvalue weighted by Crippen LogP contribution is -2.46. The topological polar surface area (TPSA) is 69.5 Å². The van der Waals surface area contributed by atoms with Crippen LogP contribution >= 0.6 is 0 Å². The smallest absolute Gasteiger partial charge is 0.374 e. The van der Waals surface area contributed by atoms with Crippen LogP contribution in [0, 0.1) is 0 Å². The van der Waals surface area contributed by atoms with Gasteiger partial charge in [0.1, 0.15) is 0 Å². The van der Waals surface area contributed by atoms with Crippen molar-refractivity contribution >= 4 is 17.6 Å². The Bertz CT molecular complexity index is 275. The van der Waals surface area contributed by atoms with Crippen LogP contribution < -0.4 is 5.32 Å². The summed E-state index contributed by atoms with van der Waals surface area (Å²) in [5.41, 5.74) is 0. The van der Waals surface area contributed by atoms with Gasteiger partial charge in [-0.25, -0.2) is 5.32 Å². The van der Waals surface area contributed by atoms with Crippen molar-refractivity contribution in [1.29, 1.82) is 0 Å². The van der Waals surface area contributed by atoms with Crippen LogP contribution in [-0.4, -0.2) is 70.3 Å². The van der Waals surface area contributed by atoms with E-state index in [4.69, 9.17) is 26.6 Å². The predicted octanol–water partition coefficient (Wildman–Crippen LogP) is 3.47. The van der Waals surface area contributed by atoms with E-state index in [1.54, 1.807) is 0 Å². The van der Waals surface area contributed by atoms with E-state index < -0.39 is 17.6 Å². The van der Waals surface area contributed by atoms with Gasteiger partial charge in [-0.1, -0.05) is 0 Å². The largest absolute Gasteiger partial charge is 0.500 e. The van der Waals surface area contributed by atoms with Gasteiger partial charge in [-0.2, -0.15) is 0 Å². The molecule has 0 aromatic rings. The summed E-state index contributed by atoms with van der Waals surface area (Å²) in [5.74, 6) is 0. The van der Waals surface area contributed by atoms with Gasteiger partial charge in [-0.15, -0.1) is 0 Å². The van der Waals surface area contributed by atoms with Crippen LogP contribution in [0.25, 0.3) is 0 Å². The Balaban J connectivity index is 4.24. The summed E-state index contributed by atoms with van der Waals surface area (Å²) in [5, 5.41) is 4.65. The van der Waals surface area contributed by atoms with Crippen molar-refractivity contribution < 1.29 is 26.6 Å². The highest BCUT2D eigenvalue weighted by Gasteiger charge is 2.40. The van der Waals surface area contributed by atoms with Gasteiger partial charge in [-0.3, -0.25) is 0 Å². The van der Waals surface area contributed by atoms with Gasteiger partial charge in [0.15, 0.2) is 0 Å². The van der Waals surface area contributed by atoms with E-state index in [0.29, 0.717) is 39.6 Å². The second-order valence-corrected chi connectivity index (χ2v) is 11.3. The Morgan fingerprint density at radius 2 is 0.741 bits per heavy atom.